The van der Waals surface area contributed by atoms with Crippen molar-refractivity contribution in [3.8, 4) is 5.88 Å². The van der Waals surface area contributed by atoms with E-state index in [-0.39, 0.29) is 18.2 Å². The third kappa shape index (κ3) is 2.26. The number of ether oxygens (including phenoxy) is 1. The lowest BCUT2D eigenvalue weighted by atomic mass is 10.4. The maximum absolute atomic E-state index is 10.4. The molecule has 0 spiro atoms. The minimum absolute atomic E-state index is 0.0207. The average molecular weight is 180 g/mol. The molecule has 0 N–H and O–H groups in total. The van der Waals surface area contributed by atoms with Crippen LogP contribution >= 0.6 is 0 Å². The van der Waals surface area contributed by atoms with Crippen molar-refractivity contribution in [3.05, 3.63) is 41.1 Å². The molecule has 0 unspecified atom stereocenters. The van der Waals surface area contributed by atoms with E-state index >= 15 is 0 Å². The van der Waals surface area contributed by atoms with Crippen molar-refractivity contribution in [3.63, 3.8) is 0 Å². The van der Waals surface area contributed by atoms with Gasteiger partial charge in [0, 0.05) is 12.3 Å². The second-order valence-corrected chi connectivity index (χ2v) is 2.18. The summed E-state index contributed by atoms with van der Waals surface area (Å²) in [7, 11) is 0. The zero-order chi connectivity index (χ0) is 9.68. The Morgan fingerprint density at radius 1 is 1.77 bits per heavy atom. The molecule has 0 aliphatic carbocycles. The van der Waals surface area contributed by atoms with Crippen LogP contribution in [0.2, 0.25) is 0 Å². The first-order valence-corrected chi connectivity index (χ1v) is 3.59. The van der Waals surface area contributed by atoms with Crippen LogP contribution in [0.4, 0.5) is 5.69 Å². The molecule has 1 aromatic rings. The summed E-state index contributed by atoms with van der Waals surface area (Å²) in [5.41, 5.74) is -0.135. The quantitative estimate of drug-likeness (QED) is 0.400. The third-order valence-electron chi connectivity index (χ3n) is 1.29. The van der Waals surface area contributed by atoms with Crippen LogP contribution in [0.3, 0.4) is 0 Å². The van der Waals surface area contributed by atoms with Gasteiger partial charge in [-0.1, -0.05) is 12.7 Å². The molecule has 0 aliphatic rings. The summed E-state index contributed by atoms with van der Waals surface area (Å²) in [5, 5.41) is 10.4. The van der Waals surface area contributed by atoms with Gasteiger partial charge < -0.3 is 4.74 Å². The maximum atomic E-state index is 10.4. The van der Waals surface area contributed by atoms with E-state index in [0.717, 1.165) is 0 Å². The van der Waals surface area contributed by atoms with Crippen molar-refractivity contribution in [1.29, 1.82) is 0 Å². The Bertz CT molecular complexity index is 325. The monoisotopic (exact) mass is 180 g/mol. The summed E-state index contributed by atoms with van der Waals surface area (Å²) in [6.45, 7) is 3.63. The Kier molecular flexibility index (Phi) is 2.97. The highest BCUT2D eigenvalue weighted by molar-refractivity contribution is 5.39. The molecule has 0 radical (unpaired) electrons. The molecule has 13 heavy (non-hydrogen) atoms. The number of pyridine rings is 1. The molecule has 0 bridgehead atoms. The molecular formula is C8H8N2O3. The van der Waals surface area contributed by atoms with E-state index in [1.165, 1.54) is 24.4 Å². The summed E-state index contributed by atoms with van der Waals surface area (Å²) in [5.74, 6) is 0.0207. The van der Waals surface area contributed by atoms with Crippen LogP contribution in [0.5, 0.6) is 5.88 Å². The topological polar surface area (TPSA) is 65.3 Å². The lowest BCUT2D eigenvalue weighted by molar-refractivity contribution is -0.386. The van der Waals surface area contributed by atoms with Gasteiger partial charge in [0.05, 0.1) is 4.92 Å². The van der Waals surface area contributed by atoms with Crippen molar-refractivity contribution in [2.45, 2.75) is 0 Å². The molecule has 0 aliphatic heterocycles. The van der Waals surface area contributed by atoms with Crippen molar-refractivity contribution in [2.75, 3.05) is 6.61 Å². The zero-order valence-corrected chi connectivity index (χ0v) is 6.84. The van der Waals surface area contributed by atoms with Crippen LogP contribution in [0.25, 0.3) is 0 Å². The molecule has 0 aromatic carbocycles. The Labute approximate surface area is 74.8 Å². The normalized spacial score (nSPS) is 9.23. The predicted octanol–water partition coefficient (Wildman–Crippen LogP) is 1.55. The number of aromatic nitrogens is 1. The van der Waals surface area contributed by atoms with Gasteiger partial charge in [-0.15, -0.1) is 0 Å². The van der Waals surface area contributed by atoms with Gasteiger partial charge in [-0.3, -0.25) is 10.1 Å². The minimum atomic E-state index is -0.536. The van der Waals surface area contributed by atoms with E-state index in [9.17, 15) is 10.1 Å². The molecule has 5 nitrogen and oxygen atoms in total. The smallest absolute Gasteiger partial charge is 0.330 e. The van der Waals surface area contributed by atoms with Gasteiger partial charge in [-0.25, -0.2) is 4.98 Å². The van der Waals surface area contributed by atoms with E-state index in [1.807, 2.05) is 0 Å². The summed E-state index contributed by atoms with van der Waals surface area (Å²) >= 11 is 0. The number of nitrogens with zero attached hydrogens (tertiary/aromatic N) is 2. The van der Waals surface area contributed by atoms with Crippen LogP contribution < -0.4 is 4.74 Å². The Hall–Kier alpha value is -1.91. The van der Waals surface area contributed by atoms with Crippen LogP contribution in [0.1, 0.15) is 0 Å². The largest absolute Gasteiger partial charge is 0.469 e. The fourth-order valence-corrected chi connectivity index (χ4v) is 0.770. The van der Waals surface area contributed by atoms with Crippen molar-refractivity contribution in [2.24, 2.45) is 0 Å². The lowest BCUT2D eigenvalue weighted by Gasteiger charge is -2.00. The molecular weight excluding hydrogens is 172 g/mol. The molecule has 0 saturated carbocycles. The highest BCUT2D eigenvalue weighted by atomic mass is 16.6. The molecule has 1 heterocycles. The van der Waals surface area contributed by atoms with Gasteiger partial charge in [0.2, 0.25) is 0 Å². The summed E-state index contributed by atoms with van der Waals surface area (Å²) in [6.07, 6.45) is 2.93. The SMILES string of the molecule is C=CCOc1ncccc1[N+](=O)[O-]. The fourth-order valence-electron chi connectivity index (χ4n) is 0.770. The minimum Gasteiger partial charge on any atom is -0.469 e. The first-order chi connectivity index (χ1) is 6.25. The maximum Gasteiger partial charge on any atom is 0.330 e. The van der Waals surface area contributed by atoms with Crippen molar-refractivity contribution in [1.82, 2.24) is 4.98 Å². The van der Waals surface area contributed by atoms with Gasteiger partial charge in [-0.2, -0.15) is 0 Å². The Balaban J connectivity index is 2.90. The Morgan fingerprint density at radius 2 is 2.54 bits per heavy atom. The van der Waals surface area contributed by atoms with Gasteiger partial charge in [-0.05, 0) is 6.07 Å². The second kappa shape index (κ2) is 4.20. The average Bonchev–Trinajstić information content (AvgIpc) is 2.15. The predicted molar refractivity (Wildman–Crippen MR) is 46.6 cm³/mol. The molecule has 1 rings (SSSR count). The molecule has 0 saturated heterocycles. The van der Waals surface area contributed by atoms with Crippen molar-refractivity contribution < 1.29 is 9.66 Å². The van der Waals surface area contributed by atoms with E-state index < -0.39 is 4.92 Å². The first-order valence-electron chi connectivity index (χ1n) is 3.59. The number of hydrogen-bond donors (Lipinski definition) is 0. The first kappa shape index (κ1) is 9.18. The molecule has 68 valence electrons. The van der Waals surface area contributed by atoms with Crippen LogP contribution in [0.15, 0.2) is 31.0 Å². The third-order valence-corrected chi connectivity index (χ3v) is 1.29. The lowest BCUT2D eigenvalue weighted by Crippen LogP contribution is -1.99. The van der Waals surface area contributed by atoms with Crippen LogP contribution in [-0.4, -0.2) is 16.5 Å². The van der Waals surface area contributed by atoms with Crippen LogP contribution in [0, 0.1) is 10.1 Å². The highest BCUT2D eigenvalue weighted by Crippen LogP contribution is 2.22. The molecule has 5 heteroatoms. The zero-order valence-electron chi connectivity index (χ0n) is 6.84. The van der Waals surface area contributed by atoms with Crippen LogP contribution in [-0.2, 0) is 0 Å². The van der Waals surface area contributed by atoms with Gasteiger partial charge in [0.1, 0.15) is 6.61 Å². The number of nitro groups is 1. The molecule has 0 atom stereocenters. The van der Waals surface area contributed by atoms with E-state index in [1.54, 1.807) is 0 Å². The van der Waals surface area contributed by atoms with Crippen molar-refractivity contribution >= 4 is 5.69 Å². The van der Waals surface area contributed by atoms with Gasteiger partial charge >= 0.3 is 5.69 Å². The number of rotatable bonds is 4. The Morgan fingerprint density at radius 3 is 3.15 bits per heavy atom. The summed E-state index contributed by atoms with van der Waals surface area (Å²) in [6, 6.07) is 2.82. The summed E-state index contributed by atoms with van der Waals surface area (Å²) in [4.78, 5) is 13.6. The summed E-state index contributed by atoms with van der Waals surface area (Å²) < 4.78 is 4.98. The fraction of sp³-hybridized carbons (Fsp3) is 0.125. The van der Waals surface area contributed by atoms with E-state index in [0.29, 0.717) is 0 Å². The van der Waals surface area contributed by atoms with Gasteiger partial charge in [0.15, 0.2) is 0 Å². The standard InChI is InChI=1S/C8H8N2O3/c1-2-6-13-8-7(10(11)12)4-3-5-9-8/h2-5H,1,6H2. The molecule has 0 amide bonds. The second-order valence-electron chi connectivity index (χ2n) is 2.18. The van der Waals surface area contributed by atoms with E-state index in [4.69, 9.17) is 4.74 Å². The molecule has 0 fully saturated rings. The highest BCUT2D eigenvalue weighted by Gasteiger charge is 2.14. The van der Waals surface area contributed by atoms with E-state index in [2.05, 4.69) is 11.6 Å². The number of hydrogen-bond acceptors (Lipinski definition) is 4. The van der Waals surface area contributed by atoms with Gasteiger partial charge in [0.25, 0.3) is 5.88 Å². The molecule has 1 aromatic heterocycles.